The largest absolute Gasteiger partial charge is 0.450 e. The van der Waals surface area contributed by atoms with Gasteiger partial charge in [0.2, 0.25) is 0 Å². The van der Waals surface area contributed by atoms with Crippen molar-refractivity contribution in [3.63, 3.8) is 0 Å². The molecule has 5 heteroatoms. The molecule has 0 bridgehead atoms. The molecule has 0 atom stereocenters. The number of ether oxygens (including phenoxy) is 1. The summed E-state index contributed by atoms with van der Waals surface area (Å²) in [6, 6.07) is 13.1. The lowest BCUT2D eigenvalue weighted by atomic mass is 9.88. The SMILES string of the molecule is CCOC(=O)N1CCC(=C2c3ccc(C)cc3CCc3cc(-n4cccc4)cnc32)CC1. The standard InChI is InChI=1S/C27H29N3O2/c1-3-32-27(31)30-14-10-20(11-15-30)25-24-9-6-19(2)16-21(24)7-8-22-17-23(18-28-26(22)25)29-12-4-5-13-29/h4-6,9,12-13,16-18H,3,7-8,10-11,14-15H2,1-2H3. The Morgan fingerprint density at radius 2 is 1.78 bits per heavy atom. The average Bonchev–Trinajstić information content (AvgIpc) is 3.30. The summed E-state index contributed by atoms with van der Waals surface area (Å²) in [5, 5.41) is 0. The number of likely N-dealkylation sites (tertiary alicyclic amines) is 1. The first-order valence-electron chi connectivity index (χ1n) is 11.5. The molecule has 1 saturated heterocycles. The van der Waals surface area contributed by atoms with Crippen LogP contribution in [0.3, 0.4) is 0 Å². The van der Waals surface area contributed by atoms with Crippen LogP contribution in [0.15, 0.2) is 60.6 Å². The molecule has 1 aliphatic carbocycles. The summed E-state index contributed by atoms with van der Waals surface area (Å²) in [6.07, 6.45) is 9.57. The molecule has 5 rings (SSSR count). The van der Waals surface area contributed by atoms with Crippen LogP contribution in [0.1, 0.15) is 47.7 Å². The number of fused-ring (bicyclic) bond motifs is 2. The van der Waals surface area contributed by atoms with Crippen LogP contribution in [0.4, 0.5) is 4.79 Å². The number of aryl methyl sites for hydroxylation is 3. The lowest BCUT2D eigenvalue weighted by Gasteiger charge is -2.29. The number of pyridine rings is 1. The molecule has 1 aliphatic heterocycles. The molecular formula is C27H29N3O2. The van der Waals surface area contributed by atoms with E-state index in [1.165, 1.54) is 33.4 Å². The van der Waals surface area contributed by atoms with E-state index in [-0.39, 0.29) is 6.09 Å². The summed E-state index contributed by atoms with van der Waals surface area (Å²) in [7, 11) is 0. The Bertz CT molecular complexity index is 1170. The Morgan fingerprint density at radius 3 is 2.53 bits per heavy atom. The Hall–Kier alpha value is -3.34. The van der Waals surface area contributed by atoms with E-state index >= 15 is 0 Å². The van der Waals surface area contributed by atoms with Crippen LogP contribution in [0.25, 0.3) is 11.3 Å². The summed E-state index contributed by atoms with van der Waals surface area (Å²) in [5.74, 6) is 0. The molecule has 164 valence electrons. The van der Waals surface area contributed by atoms with Crippen LogP contribution in [0.5, 0.6) is 0 Å². The number of amides is 1. The van der Waals surface area contributed by atoms with Gasteiger partial charge in [0.15, 0.2) is 0 Å². The maximum atomic E-state index is 12.2. The quantitative estimate of drug-likeness (QED) is 0.555. The molecule has 5 nitrogen and oxygen atoms in total. The third-order valence-corrected chi connectivity index (χ3v) is 6.53. The topological polar surface area (TPSA) is 47.4 Å². The summed E-state index contributed by atoms with van der Waals surface area (Å²) in [4.78, 5) is 19.0. The van der Waals surface area contributed by atoms with Gasteiger partial charge in [-0.2, -0.15) is 0 Å². The molecule has 0 spiro atoms. The number of carbonyl (C=O) groups is 1. The maximum Gasteiger partial charge on any atom is 0.409 e. The second kappa shape index (κ2) is 8.65. The van der Waals surface area contributed by atoms with Crippen molar-refractivity contribution >= 4 is 11.7 Å². The summed E-state index contributed by atoms with van der Waals surface area (Å²) >= 11 is 0. The van der Waals surface area contributed by atoms with Crippen molar-refractivity contribution in [1.29, 1.82) is 0 Å². The fourth-order valence-electron chi connectivity index (χ4n) is 4.91. The molecule has 2 aliphatic rings. The molecule has 0 unspecified atom stereocenters. The zero-order valence-electron chi connectivity index (χ0n) is 18.8. The molecule has 1 amide bonds. The second-order valence-electron chi connectivity index (χ2n) is 8.62. The van der Waals surface area contributed by atoms with Gasteiger partial charge >= 0.3 is 6.09 Å². The Balaban J connectivity index is 1.58. The number of aromatic nitrogens is 2. The van der Waals surface area contributed by atoms with E-state index in [1.54, 1.807) is 0 Å². The zero-order valence-corrected chi connectivity index (χ0v) is 18.8. The predicted octanol–water partition coefficient (Wildman–Crippen LogP) is 5.33. The fraction of sp³-hybridized carbons (Fsp3) is 0.333. The highest BCUT2D eigenvalue weighted by Crippen LogP contribution is 2.38. The molecule has 3 aromatic rings. The monoisotopic (exact) mass is 427 g/mol. The normalized spacial score (nSPS) is 15.8. The van der Waals surface area contributed by atoms with Gasteiger partial charge in [-0.15, -0.1) is 0 Å². The van der Waals surface area contributed by atoms with Crippen molar-refractivity contribution in [2.75, 3.05) is 19.7 Å². The van der Waals surface area contributed by atoms with E-state index < -0.39 is 0 Å². The lowest BCUT2D eigenvalue weighted by molar-refractivity contribution is 0.104. The highest BCUT2D eigenvalue weighted by Gasteiger charge is 2.27. The van der Waals surface area contributed by atoms with Crippen LogP contribution in [0.2, 0.25) is 0 Å². The minimum absolute atomic E-state index is 0.205. The number of rotatable bonds is 2. The highest BCUT2D eigenvalue weighted by atomic mass is 16.6. The Morgan fingerprint density at radius 1 is 1.03 bits per heavy atom. The van der Waals surface area contributed by atoms with E-state index in [0.717, 1.165) is 37.1 Å². The molecule has 0 saturated carbocycles. The van der Waals surface area contributed by atoms with Crippen molar-refractivity contribution in [3.05, 3.63) is 88.5 Å². The third-order valence-electron chi connectivity index (χ3n) is 6.53. The van der Waals surface area contributed by atoms with Gasteiger partial charge in [0.05, 0.1) is 24.2 Å². The van der Waals surface area contributed by atoms with E-state index in [4.69, 9.17) is 9.72 Å². The number of carbonyl (C=O) groups excluding carboxylic acids is 1. The lowest BCUT2D eigenvalue weighted by Crippen LogP contribution is -2.37. The van der Waals surface area contributed by atoms with Crippen molar-refractivity contribution in [1.82, 2.24) is 14.5 Å². The van der Waals surface area contributed by atoms with Crippen LogP contribution in [0, 0.1) is 6.92 Å². The fourth-order valence-corrected chi connectivity index (χ4v) is 4.91. The molecule has 32 heavy (non-hydrogen) atoms. The minimum atomic E-state index is -0.205. The van der Waals surface area contributed by atoms with Gasteiger partial charge in [0, 0.05) is 31.1 Å². The number of piperidine rings is 1. The van der Waals surface area contributed by atoms with Crippen LogP contribution in [-0.4, -0.2) is 40.2 Å². The van der Waals surface area contributed by atoms with E-state index in [1.807, 2.05) is 30.2 Å². The first kappa shape index (κ1) is 20.6. The van der Waals surface area contributed by atoms with Crippen molar-refractivity contribution < 1.29 is 9.53 Å². The van der Waals surface area contributed by atoms with Crippen molar-refractivity contribution in [2.45, 2.75) is 39.5 Å². The molecule has 0 N–H and O–H groups in total. The number of hydrogen-bond acceptors (Lipinski definition) is 3. The van der Waals surface area contributed by atoms with E-state index in [0.29, 0.717) is 19.7 Å². The van der Waals surface area contributed by atoms with Crippen molar-refractivity contribution in [3.8, 4) is 5.69 Å². The number of hydrogen-bond donors (Lipinski definition) is 0. The minimum Gasteiger partial charge on any atom is -0.450 e. The van der Waals surface area contributed by atoms with Crippen LogP contribution in [-0.2, 0) is 17.6 Å². The van der Waals surface area contributed by atoms with Crippen molar-refractivity contribution in [2.24, 2.45) is 0 Å². The van der Waals surface area contributed by atoms with Crippen LogP contribution < -0.4 is 0 Å². The summed E-state index contributed by atoms with van der Waals surface area (Å²) in [5.41, 5.74) is 10.1. The van der Waals surface area contributed by atoms with Gasteiger partial charge in [-0.25, -0.2) is 4.79 Å². The maximum absolute atomic E-state index is 12.2. The number of nitrogens with zero attached hydrogens (tertiary/aromatic N) is 3. The molecule has 3 heterocycles. The van der Waals surface area contributed by atoms with Gasteiger partial charge in [0.25, 0.3) is 0 Å². The molecular weight excluding hydrogens is 398 g/mol. The second-order valence-corrected chi connectivity index (χ2v) is 8.62. The molecule has 1 aromatic carbocycles. The smallest absolute Gasteiger partial charge is 0.409 e. The molecule has 2 aromatic heterocycles. The average molecular weight is 428 g/mol. The predicted molar refractivity (Wildman–Crippen MR) is 126 cm³/mol. The zero-order chi connectivity index (χ0) is 22.1. The third kappa shape index (κ3) is 3.83. The number of benzene rings is 1. The molecule has 1 fully saturated rings. The van der Waals surface area contributed by atoms with Crippen LogP contribution >= 0.6 is 0 Å². The van der Waals surface area contributed by atoms with Gasteiger partial charge in [-0.3, -0.25) is 4.98 Å². The summed E-state index contributed by atoms with van der Waals surface area (Å²) < 4.78 is 7.32. The van der Waals surface area contributed by atoms with Gasteiger partial charge < -0.3 is 14.2 Å². The van der Waals surface area contributed by atoms with Gasteiger partial charge in [0.1, 0.15) is 0 Å². The summed E-state index contributed by atoms with van der Waals surface area (Å²) in [6.45, 7) is 5.80. The molecule has 0 radical (unpaired) electrons. The first-order valence-corrected chi connectivity index (χ1v) is 11.5. The first-order chi connectivity index (χ1) is 15.6. The van der Waals surface area contributed by atoms with E-state index in [2.05, 4.69) is 48.1 Å². The van der Waals surface area contributed by atoms with E-state index in [9.17, 15) is 4.79 Å². The van der Waals surface area contributed by atoms with Gasteiger partial charge in [-0.05, 0) is 74.4 Å². The highest BCUT2D eigenvalue weighted by molar-refractivity contribution is 5.85. The van der Waals surface area contributed by atoms with Gasteiger partial charge in [-0.1, -0.05) is 29.3 Å². The Kier molecular flexibility index (Phi) is 5.56. The Labute approximate surface area is 189 Å².